The molecule has 1 unspecified atom stereocenters. The Morgan fingerprint density at radius 2 is 1.69 bits per heavy atom. The molecule has 0 saturated carbocycles. The first-order valence-electron chi connectivity index (χ1n) is 11.1. The van der Waals surface area contributed by atoms with Crippen LogP contribution < -0.4 is 9.47 Å². The predicted molar refractivity (Wildman–Crippen MR) is 135 cm³/mol. The van der Waals surface area contributed by atoms with Crippen LogP contribution in [0, 0.1) is 13.8 Å². The van der Waals surface area contributed by atoms with Crippen molar-refractivity contribution in [1.82, 2.24) is 4.90 Å². The first kappa shape index (κ1) is 24.4. The number of ketones is 1. The van der Waals surface area contributed by atoms with Gasteiger partial charge in [-0.3, -0.25) is 9.59 Å². The van der Waals surface area contributed by atoms with Crippen LogP contribution in [-0.2, 0) is 16.1 Å². The molecular weight excluding hydrogens is 466 g/mol. The molecule has 1 N–H and O–H groups in total. The van der Waals surface area contributed by atoms with E-state index in [4.69, 9.17) is 21.1 Å². The lowest BCUT2D eigenvalue weighted by Crippen LogP contribution is -2.29. The van der Waals surface area contributed by atoms with Gasteiger partial charge in [0.25, 0.3) is 11.7 Å². The molecule has 1 amide bonds. The fourth-order valence-corrected chi connectivity index (χ4v) is 4.72. The molecule has 6 nitrogen and oxygen atoms in total. The van der Waals surface area contributed by atoms with Gasteiger partial charge in [-0.25, -0.2) is 0 Å². The number of para-hydroxylation sites is 1. The van der Waals surface area contributed by atoms with Gasteiger partial charge in [0.2, 0.25) is 0 Å². The number of hydrogen-bond acceptors (Lipinski definition) is 5. The third-order valence-corrected chi connectivity index (χ3v) is 6.39. The molecular formula is C28H26ClNO5. The largest absolute Gasteiger partial charge is 0.507 e. The molecule has 0 bridgehead atoms. The third kappa shape index (κ3) is 4.49. The molecule has 1 saturated heterocycles. The minimum absolute atomic E-state index is 0.00415. The van der Waals surface area contributed by atoms with Crippen LogP contribution in [0.2, 0.25) is 5.02 Å². The molecule has 1 aliphatic rings. The number of benzene rings is 3. The van der Waals surface area contributed by atoms with Gasteiger partial charge in [-0.2, -0.15) is 0 Å². The second kappa shape index (κ2) is 9.84. The van der Waals surface area contributed by atoms with Crippen LogP contribution in [0.5, 0.6) is 11.5 Å². The number of methoxy groups -OCH3 is 2. The maximum Gasteiger partial charge on any atom is 0.295 e. The molecule has 7 heteroatoms. The summed E-state index contributed by atoms with van der Waals surface area (Å²) in [5.74, 6) is -0.715. The van der Waals surface area contributed by atoms with Crippen LogP contribution in [0.3, 0.4) is 0 Å². The van der Waals surface area contributed by atoms with Crippen molar-refractivity contribution in [2.45, 2.75) is 26.4 Å². The first-order valence-corrected chi connectivity index (χ1v) is 11.5. The van der Waals surface area contributed by atoms with Gasteiger partial charge in [0, 0.05) is 10.6 Å². The molecule has 0 spiro atoms. The molecule has 0 aromatic heterocycles. The van der Waals surface area contributed by atoms with E-state index in [1.807, 2.05) is 38.1 Å². The van der Waals surface area contributed by atoms with Crippen LogP contribution in [0.25, 0.3) is 5.76 Å². The maximum atomic E-state index is 13.4. The van der Waals surface area contributed by atoms with Gasteiger partial charge < -0.3 is 19.5 Å². The van der Waals surface area contributed by atoms with Crippen molar-refractivity contribution in [1.29, 1.82) is 0 Å². The van der Waals surface area contributed by atoms with Crippen molar-refractivity contribution >= 4 is 29.1 Å². The van der Waals surface area contributed by atoms with Gasteiger partial charge in [0.05, 0.1) is 37.9 Å². The summed E-state index contributed by atoms with van der Waals surface area (Å²) in [6.45, 7) is 3.86. The van der Waals surface area contributed by atoms with E-state index in [9.17, 15) is 14.7 Å². The molecule has 4 rings (SSSR count). The summed E-state index contributed by atoms with van der Waals surface area (Å²) in [6, 6.07) is 17.0. The number of hydrogen-bond donors (Lipinski definition) is 1. The molecule has 180 valence electrons. The number of amides is 1. The summed E-state index contributed by atoms with van der Waals surface area (Å²) in [5, 5.41) is 12.0. The van der Waals surface area contributed by atoms with Crippen LogP contribution in [0.15, 0.2) is 66.2 Å². The van der Waals surface area contributed by atoms with Crippen molar-refractivity contribution < 1.29 is 24.2 Å². The molecule has 1 heterocycles. The Morgan fingerprint density at radius 3 is 2.34 bits per heavy atom. The second-order valence-electron chi connectivity index (χ2n) is 8.45. The maximum absolute atomic E-state index is 13.4. The van der Waals surface area contributed by atoms with E-state index in [0.29, 0.717) is 27.6 Å². The van der Waals surface area contributed by atoms with E-state index in [2.05, 4.69) is 0 Å². The van der Waals surface area contributed by atoms with Crippen LogP contribution >= 0.6 is 11.6 Å². The minimum Gasteiger partial charge on any atom is -0.507 e. The fourth-order valence-electron chi connectivity index (χ4n) is 4.60. The molecule has 0 radical (unpaired) electrons. The standard InChI is InChI=1S/C28H26ClNO5/c1-16-13-17(2)27(35-4)21(14-16)25(31)23-24(18-9-11-20(29)12-10-18)30(28(33)26(23)32)15-19-7-5-6-8-22(19)34-3/h5-14,24,31H,15H2,1-4H3/b25-23+. The molecule has 0 aliphatic carbocycles. The number of rotatable bonds is 6. The lowest BCUT2D eigenvalue weighted by molar-refractivity contribution is -0.140. The molecule has 1 aliphatic heterocycles. The van der Waals surface area contributed by atoms with E-state index >= 15 is 0 Å². The summed E-state index contributed by atoms with van der Waals surface area (Å²) in [7, 11) is 3.06. The normalized spacial score (nSPS) is 17.1. The van der Waals surface area contributed by atoms with E-state index < -0.39 is 17.7 Å². The number of ether oxygens (including phenoxy) is 2. The highest BCUT2D eigenvalue weighted by Crippen LogP contribution is 2.43. The molecule has 1 fully saturated rings. The highest BCUT2D eigenvalue weighted by Gasteiger charge is 2.46. The van der Waals surface area contributed by atoms with Crippen molar-refractivity contribution in [2.24, 2.45) is 0 Å². The number of aryl methyl sites for hydroxylation is 2. The van der Waals surface area contributed by atoms with Crippen molar-refractivity contribution in [3.05, 3.63) is 99.1 Å². The van der Waals surface area contributed by atoms with Gasteiger partial charge in [-0.1, -0.05) is 48.0 Å². The Balaban J connectivity index is 1.93. The van der Waals surface area contributed by atoms with Gasteiger partial charge in [-0.15, -0.1) is 0 Å². The third-order valence-electron chi connectivity index (χ3n) is 6.14. The summed E-state index contributed by atoms with van der Waals surface area (Å²) in [5.41, 5.74) is 3.43. The zero-order valence-corrected chi connectivity index (χ0v) is 20.7. The van der Waals surface area contributed by atoms with E-state index in [1.165, 1.54) is 12.0 Å². The number of aliphatic hydroxyl groups excluding tert-OH is 1. The van der Waals surface area contributed by atoms with E-state index in [-0.39, 0.29) is 17.9 Å². The Labute approximate surface area is 209 Å². The van der Waals surface area contributed by atoms with Gasteiger partial charge in [0.1, 0.15) is 17.3 Å². The highest BCUT2D eigenvalue weighted by molar-refractivity contribution is 6.46. The zero-order chi connectivity index (χ0) is 25.3. The van der Waals surface area contributed by atoms with Crippen LogP contribution in [-0.4, -0.2) is 35.9 Å². The predicted octanol–water partition coefficient (Wildman–Crippen LogP) is 5.60. The lowest BCUT2D eigenvalue weighted by atomic mass is 9.93. The van der Waals surface area contributed by atoms with Crippen LogP contribution in [0.4, 0.5) is 0 Å². The number of nitrogens with zero attached hydrogens (tertiary/aromatic N) is 1. The Bertz CT molecular complexity index is 1330. The smallest absolute Gasteiger partial charge is 0.295 e. The number of halogens is 1. The topological polar surface area (TPSA) is 76.1 Å². The molecule has 1 atom stereocenters. The average Bonchev–Trinajstić information content (AvgIpc) is 3.09. The Hall–Kier alpha value is -3.77. The van der Waals surface area contributed by atoms with E-state index in [0.717, 1.165) is 16.7 Å². The number of aliphatic hydroxyl groups is 1. The highest BCUT2D eigenvalue weighted by atomic mass is 35.5. The number of carbonyl (C=O) groups is 2. The summed E-state index contributed by atoms with van der Waals surface area (Å²) in [6.07, 6.45) is 0. The van der Waals surface area contributed by atoms with Gasteiger partial charge in [0.15, 0.2) is 0 Å². The molecule has 3 aromatic carbocycles. The average molecular weight is 492 g/mol. The Morgan fingerprint density at radius 1 is 1.00 bits per heavy atom. The quantitative estimate of drug-likeness (QED) is 0.276. The minimum atomic E-state index is -0.831. The lowest BCUT2D eigenvalue weighted by Gasteiger charge is -2.26. The summed E-state index contributed by atoms with van der Waals surface area (Å²) >= 11 is 6.11. The number of Topliss-reactive ketones (excluding diaryl/α,β-unsaturated/α-hetero) is 1. The monoisotopic (exact) mass is 491 g/mol. The molecule has 3 aromatic rings. The van der Waals surface area contributed by atoms with Crippen LogP contribution in [0.1, 0.15) is 33.9 Å². The zero-order valence-electron chi connectivity index (χ0n) is 20.0. The van der Waals surface area contributed by atoms with Gasteiger partial charge >= 0.3 is 0 Å². The summed E-state index contributed by atoms with van der Waals surface area (Å²) in [4.78, 5) is 28.2. The van der Waals surface area contributed by atoms with Gasteiger partial charge in [-0.05, 0) is 54.8 Å². The molecule has 35 heavy (non-hydrogen) atoms. The number of likely N-dealkylation sites (tertiary alicyclic amines) is 1. The first-order chi connectivity index (χ1) is 16.8. The fraction of sp³-hybridized carbons (Fsp3) is 0.214. The number of carbonyl (C=O) groups excluding carboxylic acids is 2. The SMILES string of the molecule is COc1ccccc1CN1C(=O)C(=O)/C(=C(/O)c2cc(C)cc(C)c2OC)C1c1ccc(Cl)cc1. The Kier molecular flexibility index (Phi) is 6.85. The van der Waals surface area contributed by atoms with E-state index in [1.54, 1.807) is 43.5 Å². The van der Waals surface area contributed by atoms with Crippen molar-refractivity contribution in [2.75, 3.05) is 14.2 Å². The van der Waals surface area contributed by atoms with Crippen molar-refractivity contribution in [3.63, 3.8) is 0 Å². The summed E-state index contributed by atoms with van der Waals surface area (Å²) < 4.78 is 11.0. The van der Waals surface area contributed by atoms with Crippen molar-refractivity contribution in [3.8, 4) is 11.5 Å². The second-order valence-corrected chi connectivity index (χ2v) is 8.89.